The number of pyridine rings is 1. The Kier molecular flexibility index (Phi) is 12.9. The van der Waals surface area contributed by atoms with E-state index in [9.17, 15) is 14.0 Å². The van der Waals surface area contributed by atoms with Gasteiger partial charge in [-0.25, -0.2) is 19.0 Å². The number of benzene rings is 3. The van der Waals surface area contributed by atoms with Gasteiger partial charge >= 0.3 is 11.9 Å². The summed E-state index contributed by atoms with van der Waals surface area (Å²) in [5.41, 5.74) is 2.87. The minimum absolute atomic E-state index is 0. The van der Waals surface area contributed by atoms with Gasteiger partial charge in [-0.1, -0.05) is 53.5 Å². The minimum atomic E-state index is -0.873. The normalized spacial score (nSPS) is 19.0. The highest BCUT2D eigenvalue weighted by molar-refractivity contribution is 6.35. The Labute approximate surface area is 306 Å². The van der Waals surface area contributed by atoms with E-state index in [0.717, 1.165) is 38.0 Å². The van der Waals surface area contributed by atoms with Gasteiger partial charge in [-0.15, -0.1) is 0 Å². The number of aromatic amines is 1. The lowest BCUT2D eigenvalue weighted by atomic mass is 9.86. The quantitative estimate of drug-likeness (QED) is 0.155. The lowest BCUT2D eigenvalue weighted by molar-refractivity contribution is -0.377. The van der Waals surface area contributed by atoms with Crippen LogP contribution < -0.4 is 19.8 Å². The molecule has 0 radical (unpaired) electrons. The number of hydrogen-bond donors (Lipinski definition) is 1. The first-order chi connectivity index (χ1) is 24.2. The maximum Gasteiger partial charge on any atom is 0.338 e. The maximum atomic E-state index is 14.2. The van der Waals surface area contributed by atoms with Gasteiger partial charge in [0.25, 0.3) is 0 Å². The summed E-state index contributed by atoms with van der Waals surface area (Å²) in [5.74, 6) is -0.0799. The van der Waals surface area contributed by atoms with E-state index in [-0.39, 0.29) is 24.5 Å². The number of aromatic nitrogens is 1. The molecule has 4 heterocycles. The van der Waals surface area contributed by atoms with Gasteiger partial charge < -0.3 is 24.4 Å². The third-order valence-electron chi connectivity index (χ3n) is 9.40. The van der Waals surface area contributed by atoms with E-state index in [1.807, 2.05) is 0 Å². The molecule has 1 aromatic heterocycles. The average Bonchev–Trinajstić information content (AvgIpc) is 3.13. The molecule has 13 heteroatoms. The van der Waals surface area contributed by atoms with Crippen molar-refractivity contribution in [1.82, 2.24) is 10.2 Å². The predicted molar refractivity (Wildman–Crippen MR) is 188 cm³/mol. The first kappa shape index (κ1) is 38.0. The fraction of sp³-hybridized carbons (Fsp3) is 0.342. The fourth-order valence-electron chi connectivity index (χ4n) is 6.60. The third-order valence-corrected chi connectivity index (χ3v) is 10.1. The van der Waals surface area contributed by atoms with E-state index in [1.165, 1.54) is 19.2 Å². The van der Waals surface area contributed by atoms with Crippen LogP contribution in [0.1, 0.15) is 57.6 Å². The number of methoxy groups -OCH3 is 2. The number of halogens is 3. The van der Waals surface area contributed by atoms with Crippen LogP contribution in [-0.4, -0.2) is 62.3 Å². The number of rotatable bonds is 13. The zero-order chi connectivity index (χ0) is 35.2. The molecule has 3 aromatic carbocycles. The van der Waals surface area contributed by atoms with E-state index < -0.39 is 29.9 Å². The molecule has 3 saturated heterocycles. The van der Waals surface area contributed by atoms with Crippen LogP contribution in [0, 0.1) is 11.7 Å². The van der Waals surface area contributed by atoms with Gasteiger partial charge in [0.1, 0.15) is 34.1 Å². The van der Waals surface area contributed by atoms with E-state index in [0.29, 0.717) is 49.7 Å². The number of ether oxygens (including phenoxy) is 4. The number of carbonyl (C=O) groups is 2. The smallest absolute Gasteiger partial charge is 0.338 e. The van der Waals surface area contributed by atoms with Crippen molar-refractivity contribution in [3.8, 4) is 11.5 Å². The molecule has 3 N–H and O–H groups in total. The van der Waals surface area contributed by atoms with Crippen molar-refractivity contribution in [3.63, 3.8) is 0 Å². The first-order valence-corrected chi connectivity index (χ1v) is 17.3. The maximum absolute atomic E-state index is 14.2. The summed E-state index contributed by atoms with van der Waals surface area (Å²) in [5, 5.41) is 4.06. The van der Waals surface area contributed by atoms with Gasteiger partial charge in [0, 0.05) is 25.1 Å². The Balaban J connectivity index is 0.00000504. The molecule has 3 atom stereocenters. The standard InChI is InChI=1S/C38H38Cl2FN3O6.H2O/c1-47-32-11-10-26(17-34(32)48-2)33(18-29-30(39)20-42-21-31(29)40)49-37(45)25-8-6-23(7-9-25)19-43-36(27-4-3-5-28(41)16-27)38(46)50-35-22-44-14-12-24(35)13-15-44;/h3-11,16-17,20-21,24,33,35-36,43H,12-15,18-19,22H2,1-2H3;1H2/t33-,35-,36?;/m0./s1. The number of nitrogens with zero attached hydrogens (tertiary/aromatic N) is 1. The summed E-state index contributed by atoms with van der Waals surface area (Å²) < 4.78 is 37.2. The Morgan fingerprint density at radius 3 is 2.27 bits per heavy atom. The first-order valence-electron chi connectivity index (χ1n) is 16.5. The number of piperidine rings is 3. The highest BCUT2D eigenvalue weighted by Gasteiger charge is 2.38. The molecule has 270 valence electrons. The number of esters is 2. The van der Waals surface area contributed by atoms with Gasteiger partial charge in [0.2, 0.25) is 0 Å². The lowest BCUT2D eigenvalue weighted by Crippen LogP contribution is -2.52. The summed E-state index contributed by atoms with van der Waals surface area (Å²) in [6, 6.07) is 17.2. The van der Waals surface area contributed by atoms with E-state index in [4.69, 9.17) is 42.1 Å². The van der Waals surface area contributed by atoms with Crippen LogP contribution in [0.25, 0.3) is 0 Å². The molecule has 0 amide bonds. The molecule has 2 bridgehead atoms. The van der Waals surface area contributed by atoms with Crippen LogP contribution in [0.3, 0.4) is 0 Å². The van der Waals surface area contributed by atoms with Gasteiger partial charge in [-0.05, 0) is 84.9 Å². The summed E-state index contributed by atoms with van der Waals surface area (Å²) in [4.78, 5) is 32.2. The molecular weight excluding hydrogens is 700 g/mol. The van der Waals surface area contributed by atoms with Crippen molar-refractivity contribution in [3.05, 3.63) is 123 Å². The molecule has 10 nitrogen and oxygen atoms in total. The van der Waals surface area contributed by atoms with Crippen molar-refractivity contribution >= 4 is 35.1 Å². The Morgan fingerprint density at radius 1 is 0.941 bits per heavy atom. The SMILES string of the molecule is COc1ccc([C@H](Cc2c(Cl)c[nH+]cc2Cl)OC(=O)c2ccc(CNC(C(=O)O[C@H]3CN4CCC3CC4)c3cccc(F)c3)cc2)cc1OC.[OH-]. The lowest BCUT2D eigenvalue weighted by Gasteiger charge is -2.44. The summed E-state index contributed by atoms with van der Waals surface area (Å²) in [6.45, 7) is 3.04. The molecule has 51 heavy (non-hydrogen) atoms. The largest absolute Gasteiger partial charge is 0.870 e. The van der Waals surface area contributed by atoms with E-state index in [2.05, 4.69) is 15.2 Å². The van der Waals surface area contributed by atoms with Crippen molar-refractivity contribution in [2.75, 3.05) is 33.9 Å². The number of nitrogens with one attached hydrogen (secondary N) is 2. The van der Waals surface area contributed by atoms with Crippen LogP contribution in [0.4, 0.5) is 4.39 Å². The Bertz CT molecular complexity index is 1800. The van der Waals surface area contributed by atoms with Crippen molar-refractivity contribution < 1.29 is 43.4 Å². The van der Waals surface area contributed by atoms with Crippen molar-refractivity contribution in [2.24, 2.45) is 5.92 Å². The van der Waals surface area contributed by atoms with Crippen molar-refractivity contribution in [1.29, 1.82) is 0 Å². The van der Waals surface area contributed by atoms with Crippen LogP contribution in [0.15, 0.2) is 79.1 Å². The summed E-state index contributed by atoms with van der Waals surface area (Å²) in [6.07, 6.45) is 4.49. The van der Waals surface area contributed by atoms with Crippen molar-refractivity contribution in [2.45, 2.75) is 44.1 Å². The highest BCUT2D eigenvalue weighted by Crippen LogP contribution is 2.36. The Hall–Kier alpha value is -4.26. The molecule has 7 rings (SSSR count). The number of H-pyrrole nitrogens is 1. The summed E-state index contributed by atoms with van der Waals surface area (Å²) in [7, 11) is 3.07. The minimum Gasteiger partial charge on any atom is -0.870 e. The van der Waals surface area contributed by atoms with Crippen LogP contribution >= 0.6 is 23.2 Å². The zero-order valence-electron chi connectivity index (χ0n) is 28.2. The number of hydrogen-bond acceptors (Lipinski definition) is 9. The third kappa shape index (κ3) is 9.16. The number of fused-ring (bicyclic) bond motifs is 3. The van der Waals surface area contributed by atoms with Gasteiger partial charge in [0.05, 0.1) is 19.8 Å². The predicted octanol–water partition coefficient (Wildman–Crippen LogP) is 6.40. The average molecular weight is 741 g/mol. The molecule has 0 aliphatic carbocycles. The molecule has 0 saturated carbocycles. The monoisotopic (exact) mass is 739 g/mol. The molecule has 3 aliphatic heterocycles. The van der Waals surface area contributed by atoms with Crippen LogP contribution in [0.5, 0.6) is 11.5 Å². The zero-order valence-corrected chi connectivity index (χ0v) is 29.8. The summed E-state index contributed by atoms with van der Waals surface area (Å²) >= 11 is 12.9. The molecular formula is C38H40Cl2FN3O7. The van der Waals surface area contributed by atoms with E-state index in [1.54, 1.807) is 74.1 Å². The second kappa shape index (κ2) is 17.3. The van der Waals surface area contributed by atoms with Gasteiger partial charge in [0.15, 0.2) is 23.9 Å². The highest BCUT2D eigenvalue weighted by atomic mass is 35.5. The second-order valence-corrected chi connectivity index (χ2v) is 13.3. The molecule has 3 fully saturated rings. The van der Waals surface area contributed by atoms with Gasteiger partial charge in [-0.3, -0.25) is 10.2 Å². The second-order valence-electron chi connectivity index (χ2n) is 12.5. The van der Waals surface area contributed by atoms with Crippen LogP contribution in [0.2, 0.25) is 10.0 Å². The van der Waals surface area contributed by atoms with Crippen LogP contribution in [-0.2, 0) is 27.2 Å². The fourth-order valence-corrected chi connectivity index (χ4v) is 7.13. The number of carbonyl (C=O) groups excluding carboxylic acids is 2. The topological polar surface area (TPSA) is 130 Å². The molecule has 4 aromatic rings. The molecule has 1 unspecified atom stereocenters. The van der Waals surface area contributed by atoms with E-state index >= 15 is 0 Å². The molecule has 3 aliphatic rings. The Morgan fingerprint density at radius 2 is 1.65 bits per heavy atom. The van der Waals surface area contributed by atoms with Gasteiger partial charge in [-0.2, -0.15) is 0 Å². The molecule has 0 spiro atoms.